The summed E-state index contributed by atoms with van der Waals surface area (Å²) in [4.78, 5) is 13.0. The molecule has 0 aliphatic heterocycles. The second-order valence-corrected chi connectivity index (χ2v) is 4.44. The van der Waals surface area contributed by atoms with Crippen molar-refractivity contribution in [2.75, 3.05) is 13.6 Å². The van der Waals surface area contributed by atoms with Gasteiger partial charge in [-0.3, -0.25) is 9.69 Å². The number of ketones is 1. The molecular formula is C14H21NO. The minimum absolute atomic E-state index is 0.213. The Morgan fingerprint density at radius 2 is 1.75 bits per heavy atom. The van der Waals surface area contributed by atoms with E-state index < -0.39 is 0 Å². The first kappa shape index (κ1) is 12.9. The summed E-state index contributed by atoms with van der Waals surface area (Å²) >= 11 is 0. The van der Waals surface area contributed by atoms with E-state index >= 15 is 0 Å². The lowest BCUT2D eigenvalue weighted by atomic mass is 10.1. The molecule has 0 saturated heterocycles. The molecule has 0 amide bonds. The summed E-state index contributed by atoms with van der Waals surface area (Å²) < 4.78 is 0. The van der Waals surface area contributed by atoms with Crippen molar-refractivity contribution >= 4 is 5.78 Å². The highest BCUT2D eigenvalue weighted by atomic mass is 16.1. The third-order valence-corrected chi connectivity index (χ3v) is 2.51. The van der Waals surface area contributed by atoms with Gasteiger partial charge in [0, 0.05) is 6.54 Å². The number of nitrogens with zero attached hydrogens (tertiary/aromatic N) is 1. The molecule has 0 fully saturated rings. The summed E-state index contributed by atoms with van der Waals surface area (Å²) in [7, 11) is 1.97. The molecule has 0 bridgehead atoms. The van der Waals surface area contributed by atoms with Crippen LogP contribution in [0.2, 0.25) is 0 Å². The van der Waals surface area contributed by atoms with Crippen LogP contribution in [0.4, 0.5) is 0 Å². The van der Waals surface area contributed by atoms with E-state index in [1.807, 2.05) is 11.9 Å². The number of hydrogen-bond acceptors (Lipinski definition) is 2. The monoisotopic (exact) mass is 219 g/mol. The van der Waals surface area contributed by atoms with E-state index in [1.165, 1.54) is 17.5 Å². The van der Waals surface area contributed by atoms with Crippen molar-refractivity contribution in [2.24, 2.45) is 0 Å². The van der Waals surface area contributed by atoms with Gasteiger partial charge in [0.25, 0.3) is 0 Å². The van der Waals surface area contributed by atoms with Crippen molar-refractivity contribution in [3.8, 4) is 0 Å². The smallest absolute Gasteiger partial charge is 0.143 e. The van der Waals surface area contributed by atoms with Gasteiger partial charge in [0.15, 0.2) is 0 Å². The molecule has 0 aliphatic rings. The Morgan fingerprint density at radius 1 is 1.19 bits per heavy atom. The molecule has 0 saturated carbocycles. The molecule has 1 aromatic rings. The largest absolute Gasteiger partial charge is 0.299 e. The summed E-state index contributed by atoms with van der Waals surface area (Å²) in [6.07, 6.45) is 2.33. The predicted molar refractivity (Wildman–Crippen MR) is 67.5 cm³/mol. The van der Waals surface area contributed by atoms with Gasteiger partial charge in [-0.2, -0.15) is 0 Å². The molecule has 2 heteroatoms. The number of carbonyl (C=O) groups is 1. The second kappa shape index (κ2) is 6.44. The maximum Gasteiger partial charge on any atom is 0.143 e. The third-order valence-electron chi connectivity index (χ3n) is 2.51. The zero-order valence-electron chi connectivity index (χ0n) is 10.5. The molecule has 0 N–H and O–H groups in total. The average molecular weight is 219 g/mol. The van der Waals surface area contributed by atoms with Crippen molar-refractivity contribution in [2.45, 2.75) is 33.2 Å². The predicted octanol–water partition coefficient (Wildman–Crippen LogP) is 2.66. The maximum atomic E-state index is 10.9. The van der Waals surface area contributed by atoms with E-state index in [0.717, 1.165) is 13.0 Å². The Hall–Kier alpha value is -1.15. The van der Waals surface area contributed by atoms with E-state index in [0.29, 0.717) is 6.54 Å². The Labute approximate surface area is 98.3 Å². The average Bonchev–Trinajstić information content (AvgIpc) is 2.20. The lowest BCUT2D eigenvalue weighted by molar-refractivity contribution is -0.117. The van der Waals surface area contributed by atoms with Gasteiger partial charge in [0.1, 0.15) is 5.78 Å². The summed E-state index contributed by atoms with van der Waals surface area (Å²) in [5, 5.41) is 0. The molecule has 1 rings (SSSR count). The first-order valence-corrected chi connectivity index (χ1v) is 5.87. The van der Waals surface area contributed by atoms with Crippen LogP contribution >= 0.6 is 0 Å². The van der Waals surface area contributed by atoms with Crippen molar-refractivity contribution in [3.63, 3.8) is 0 Å². The molecule has 0 heterocycles. The molecule has 0 unspecified atom stereocenters. The zero-order chi connectivity index (χ0) is 12.0. The summed E-state index contributed by atoms with van der Waals surface area (Å²) in [6, 6.07) is 8.67. The summed E-state index contributed by atoms with van der Waals surface area (Å²) in [5.74, 6) is 0.213. The highest BCUT2D eigenvalue weighted by molar-refractivity contribution is 5.77. The van der Waals surface area contributed by atoms with Crippen LogP contribution in [0.25, 0.3) is 0 Å². The van der Waals surface area contributed by atoms with Crippen LogP contribution in [-0.4, -0.2) is 24.3 Å². The Bertz CT molecular complexity index is 329. The topological polar surface area (TPSA) is 20.3 Å². The van der Waals surface area contributed by atoms with Gasteiger partial charge in [0.2, 0.25) is 0 Å². The van der Waals surface area contributed by atoms with E-state index in [1.54, 1.807) is 6.92 Å². The molecule has 0 aromatic heterocycles. The number of Topliss-reactive ketones (excluding diaryl/α,β-unsaturated/α-hetero) is 1. The van der Waals surface area contributed by atoms with Crippen molar-refractivity contribution in [1.29, 1.82) is 0 Å². The summed E-state index contributed by atoms with van der Waals surface area (Å²) in [5.41, 5.74) is 2.66. The number of likely N-dealkylation sites (N-methyl/N-ethyl adjacent to an activating group) is 1. The molecule has 0 atom stereocenters. The van der Waals surface area contributed by atoms with Gasteiger partial charge in [-0.05, 0) is 31.5 Å². The number of aryl methyl sites for hydroxylation is 1. The van der Waals surface area contributed by atoms with Gasteiger partial charge in [-0.25, -0.2) is 0 Å². The van der Waals surface area contributed by atoms with Crippen LogP contribution in [0, 0.1) is 0 Å². The SMILES string of the molecule is CCCc1ccc(CN(C)CC(C)=O)cc1. The molecule has 0 spiro atoms. The molecule has 0 aliphatic carbocycles. The van der Waals surface area contributed by atoms with E-state index in [4.69, 9.17) is 0 Å². The van der Waals surface area contributed by atoms with Gasteiger partial charge in [-0.1, -0.05) is 37.6 Å². The fourth-order valence-electron chi connectivity index (χ4n) is 1.85. The second-order valence-electron chi connectivity index (χ2n) is 4.44. The van der Waals surface area contributed by atoms with Gasteiger partial charge >= 0.3 is 0 Å². The molecule has 1 aromatic carbocycles. The first-order valence-electron chi connectivity index (χ1n) is 5.87. The zero-order valence-corrected chi connectivity index (χ0v) is 10.5. The lowest BCUT2D eigenvalue weighted by Crippen LogP contribution is -2.23. The maximum absolute atomic E-state index is 10.9. The lowest BCUT2D eigenvalue weighted by Gasteiger charge is -2.14. The van der Waals surface area contributed by atoms with E-state index in [2.05, 4.69) is 31.2 Å². The van der Waals surface area contributed by atoms with Gasteiger partial charge in [-0.15, -0.1) is 0 Å². The fourth-order valence-corrected chi connectivity index (χ4v) is 1.85. The van der Waals surface area contributed by atoms with Crippen LogP contribution in [-0.2, 0) is 17.8 Å². The highest BCUT2D eigenvalue weighted by Gasteiger charge is 2.02. The fraction of sp³-hybridized carbons (Fsp3) is 0.500. The van der Waals surface area contributed by atoms with Crippen LogP contribution < -0.4 is 0 Å². The molecular weight excluding hydrogens is 198 g/mol. The third kappa shape index (κ3) is 4.58. The van der Waals surface area contributed by atoms with Gasteiger partial charge in [0.05, 0.1) is 6.54 Å². The van der Waals surface area contributed by atoms with E-state index in [9.17, 15) is 4.79 Å². The molecule has 88 valence electrons. The summed E-state index contributed by atoms with van der Waals surface area (Å²) in [6.45, 7) is 5.18. The highest BCUT2D eigenvalue weighted by Crippen LogP contribution is 2.08. The van der Waals surface area contributed by atoms with Crippen LogP contribution in [0.3, 0.4) is 0 Å². The van der Waals surface area contributed by atoms with Gasteiger partial charge < -0.3 is 0 Å². The number of carbonyl (C=O) groups excluding carboxylic acids is 1. The van der Waals surface area contributed by atoms with Crippen molar-refractivity contribution in [3.05, 3.63) is 35.4 Å². The number of hydrogen-bond donors (Lipinski definition) is 0. The van der Waals surface area contributed by atoms with Crippen molar-refractivity contribution in [1.82, 2.24) is 4.90 Å². The Morgan fingerprint density at radius 3 is 2.25 bits per heavy atom. The number of benzene rings is 1. The molecule has 2 nitrogen and oxygen atoms in total. The normalized spacial score (nSPS) is 10.8. The van der Waals surface area contributed by atoms with Crippen LogP contribution in [0.5, 0.6) is 0 Å². The molecule has 0 radical (unpaired) electrons. The van der Waals surface area contributed by atoms with Crippen LogP contribution in [0.15, 0.2) is 24.3 Å². The standard InChI is InChI=1S/C14H21NO/c1-4-5-13-6-8-14(9-7-13)11-15(3)10-12(2)16/h6-9H,4-5,10-11H2,1-3H3. The minimum Gasteiger partial charge on any atom is -0.299 e. The molecule has 16 heavy (non-hydrogen) atoms. The minimum atomic E-state index is 0.213. The van der Waals surface area contributed by atoms with E-state index in [-0.39, 0.29) is 5.78 Å². The van der Waals surface area contributed by atoms with Crippen LogP contribution in [0.1, 0.15) is 31.4 Å². The first-order chi connectivity index (χ1) is 7.61. The quantitative estimate of drug-likeness (QED) is 0.733. The number of rotatable bonds is 6. The van der Waals surface area contributed by atoms with Crippen molar-refractivity contribution < 1.29 is 4.79 Å². The Kier molecular flexibility index (Phi) is 5.20. The Balaban J connectivity index is 2.51.